The number of hydrogen-bond donors (Lipinski definition) is 2. The van der Waals surface area contributed by atoms with Crippen molar-refractivity contribution in [3.8, 4) is 10.6 Å². The van der Waals surface area contributed by atoms with E-state index in [0.29, 0.717) is 33.6 Å². The standard InChI is InChI=1S/C17H23N5O2S/c1-8-9(2)21-22(4)17(24)13(8)16-20-10(3)14(25-16)15(23)19-7-12(18)11-5-6-11/h11-12H,5-7,18H2,1-4H3,(H,19,23). The summed E-state index contributed by atoms with van der Waals surface area (Å²) in [5, 5.41) is 7.62. The Morgan fingerprint density at radius 1 is 1.36 bits per heavy atom. The van der Waals surface area contributed by atoms with Gasteiger partial charge in [-0.05, 0) is 45.1 Å². The Morgan fingerprint density at radius 3 is 2.68 bits per heavy atom. The van der Waals surface area contributed by atoms with Crippen LogP contribution in [0.5, 0.6) is 0 Å². The van der Waals surface area contributed by atoms with Crippen LogP contribution in [0.4, 0.5) is 0 Å². The molecule has 2 heterocycles. The first-order valence-corrected chi connectivity index (χ1v) is 9.17. The average Bonchev–Trinajstić information content (AvgIpc) is 3.34. The Kier molecular flexibility index (Phi) is 4.75. The van der Waals surface area contributed by atoms with E-state index in [2.05, 4.69) is 15.4 Å². The summed E-state index contributed by atoms with van der Waals surface area (Å²) >= 11 is 1.24. The van der Waals surface area contributed by atoms with Gasteiger partial charge in [-0.25, -0.2) is 9.67 Å². The fourth-order valence-electron chi connectivity index (χ4n) is 2.80. The highest BCUT2D eigenvalue weighted by Gasteiger charge is 2.29. The maximum atomic E-state index is 12.5. The van der Waals surface area contributed by atoms with E-state index in [-0.39, 0.29) is 17.5 Å². The first-order valence-electron chi connectivity index (χ1n) is 8.35. The second kappa shape index (κ2) is 6.68. The van der Waals surface area contributed by atoms with E-state index in [1.807, 2.05) is 13.8 Å². The minimum atomic E-state index is -0.209. The summed E-state index contributed by atoms with van der Waals surface area (Å²) in [5.74, 6) is 0.349. The van der Waals surface area contributed by atoms with E-state index < -0.39 is 0 Å². The van der Waals surface area contributed by atoms with Gasteiger partial charge in [0.1, 0.15) is 9.88 Å². The van der Waals surface area contributed by atoms with E-state index in [9.17, 15) is 9.59 Å². The van der Waals surface area contributed by atoms with Gasteiger partial charge in [-0.2, -0.15) is 5.10 Å². The molecule has 3 rings (SSSR count). The summed E-state index contributed by atoms with van der Waals surface area (Å²) in [7, 11) is 1.62. The van der Waals surface area contributed by atoms with Gasteiger partial charge in [0.15, 0.2) is 0 Å². The van der Waals surface area contributed by atoms with Crippen LogP contribution in [-0.4, -0.2) is 33.3 Å². The van der Waals surface area contributed by atoms with Crippen LogP contribution < -0.4 is 16.6 Å². The van der Waals surface area contributed by atoms with E-state index in [0.717, 1.165) is 24.1 Å². The SMILES string of the molecule is Cc1nc(-c2c(C)c(C)nn(C)c2=O)sc1C(=O)NCC(N)C1CC1. The fraction of sp³-hybridized carbons (Fsp3) is 0.529. The van der Waals surface area contributed by atoms with E-state index >= 15 is 0 Å². The smallest absolute Gasteiger partial charge is 0.277 e. The molecule has 1 saturated carbocycles. The molecule has 2 aromatic heterocycles. The lowest BCUT2D eigenvalue weighted by molar-refractivity contribution is 0.0953. The molecule has 0 bridgehead atoms. The van der Waals surface area contributed by atoms with Gasteiger partial charge in [0.05, 0.1) is 17.0 Å². The number of aromatic nitrogens is 3. The first kappa shape index (κ1) is 17.8. The summed E-state index contributed by atoms with van der Waals surface area (Å²) in [6, 6.07) is 0.00836. The van der Waals surface area contributed by atoms with Crippen molar-refractivity contribution >= 4 is 17.2 Å². The van der Waals surface area contributed by atoms with Crippen molar-refractivity contribution in [3.05, 3.63) is 32.2 Å². The molecular formula is C17H23N5O2S. The molecular weight excluding hydrogens is 338 g/mol. The molecule has 0 radical (unpaired) electrons. The van der Waals surface area contributed by atoms with E-state index in [1.165, 1.54) is 16.0 Å². The number of rotatable bonds is 5. The average molecular weight is 361 g/mol. The van der Waals surface area contributed by atoms with Crippen molar-refractivity contribution in [3.63, 3.8) is 0 Å². The molecule has 2 aromatic rings. The van der Waals surface area contributed by atoms with E-state index in [1.54, 1.807) is 14.0 Å². The van der Waals surface area contributed by atoms with Gasteiger partial charge >= 0.3 is 0 Å². The summed E-state index contributed by atoms with van der Waals surface area (Å²) in [6.07, 6.45) is 2.29. The van der Waals surface area contributed by atoms with Crippen molar-refractivity contribution < 1.29 is 4.79 Å². The minimum absolute atomic E-state index is 0.00836. The molecule has 0 aliphatic heterocycles. The highest BCUT2D eigenvalue weighted by Crippen LogP contribution is 2.31. The maximum Gasteiger partial charge on any atom is 0.277 e. The molecule has 134 valence electrons. The third-order valence-electron chi connectivity index (χ3n) is 4.67. The van der Waals surface area contributed by atoms with Crippen LogP contribution >= 0.6 is 11.3 Å². The third-order valence-corrected chi connectivity index (χ3v) is 5.84. The summed E-state index contributed by atoms with van der Waals surface area (Å²) in [5.41, 5.74) is 8.52. The highest BCUT2D eigenvalue weighted by molar-refractivity contribution is 7.17. The van der Waals surface area contributed by atoms with Crippen molar-refractivity contribution in [1.29, 1.82) is 0 Å². The Labute approximate surface area is 150 Å². The number of amides is 1. The number of nitrogens with two attached hydrogens (primary N) is 1. The molecule has 1 atom stereocenters. The number of aryl methyl sites for hydroxylation is 3. The quantitative estimate of drug-likeness (QED) is 0.835. The zero-order valence-corrected chi connectivity index (χ0v) is 15.7. The molecule has 0 saturated heterocycles. The number of hydrogen-bond acceptors (Lipinski definition) is 6. The summed E-state index contributed by atoms with van der Waals surface area (Å²) in [6.45, 7) is 5.95. The Hall–Kier alpha value is -2.06. The van der Waals surface area contributed by atoms with Gasteiger partial charge in [0.25, 0.3) is 11.5 Å². The lowest BCUT2D eigenvalue weighted by Gasteiger charge is -2.10. The summed E-state index contributed by atoms with van der Waals surface area (Å²) < 4.78 is 1.31. The van der Waals surface area contributed by atoms with Crippen molar-refractivity contribution in [2.75, 3.05) is 6.54 Å². The van der Waals surface area contributed by atoms with Crippen LogP contribution in [0.1, 0.15) is 39.5 Å². The van der Waals surface area contributed by atoms with Gasteiger partial charge in [-0.3, -0.25) is 9.59 Å². The monoisotopic (exact) mass is 361 g/mol. The predicted octanol–water partition coefficient (Wildman–Crippen LogP) is 1.30. The van der Waals surface area contributed by atoms with Gasteiger partial charge in [0, 0.05) is 19.6 Å². The molecule has 1 fully saturated rings. The van der Waals surface area contributed by atoms with Crippen LogP contribution in [0, 0.1) is 26.7 Å². The van der Waals surface area contributed by atoms with Crippen molar-refractivity contribution in [2.45, 2.75) is 39.7 Å². The van der Waals surface area contributed by atoms with Gasteiger partial charge in [0.2, 0.25) is 0 Å². The molecule has 25 heavy (non-hydrogen) atoms. The Balaban J connectivity index is 1.88. The van der Waals surface area contributed by atoms with Crippen LogP contribution in [0.25, 0.3) is 10.6 Å². The van der Waals surface area contributed by atoms with Crippen LogP contribution in [-0.2, 0) is 7.05 Å². The van der Waals surface area contributed by atoms with Gasteiger partial charge < -0.3 is 11.1 Å². The molecule has 7 nitrogen and oxygen atoms in total. The maximum absolute atomic E-state index is 12.5. The molecule has 1 aliphatic rings. The second-order valence-electron chi connectivity index (χ2n) is 6.66. The van der Waals surface area contributed by atoms with Crippen molar-refractivity contribution in [2.24, 2.45) is 18.7 Å². The Morgan fingerprint density at radius 2 is 2.04 bits per heavy atom. The predicted molar refractivity (Wildman–Crippen MR) is 97.8 cm³/mol. The molecule has 8 heteroatoms. The molecule has 1 unspecified atom stereocenters. The Bertz CT molecular complexity index is 882. The number of carbonyl (C=O) groups is 1. The normalized spacial score (nSPS) is 15.2. The van der Waals surface area contributed by atoms with Crippen molar-refractivity contribution in [1.82, 2.24) is 20.1 Å². The zero-order chi connectivity index (χ0) is 18.3. The fourth-order valence-corrected chi connectivity index (χ4v) is 3.87. The molecule has 3 N–H and O–H groups in total. The topological polar surface area (TPSA) is 103 Å². The largest absolute Gasteiger partial charge is 0.350 e. The second-order valence-corrected chi connectivity index (χ2v) is 7.66. The molecule has 0 aromatic carbocycles. The van der Waals surface area contributed by atoms with Gasteiger partial charge in [-0.15, -0.1) is 11.3 Å². The molecule has 0 spiro atoms. The third kappa shape index (κ3) is 3.50. The zero-order valence-electron chi connectivity index (χ0n) is 14.9. The number of nitrogens with zero attached hydrogens (tertiary/aromatic N) is 3. The molecule has 1 amide bonds. The lowest BCUT2D eigenvalue weighted by atomic mass is 10.1. The lowest BCUT2D eigenvalue weighted by Crippen LogP contribution is -2.38. The number of carbonyl (C=O) groups excluding carboxylic acids is 1. The van der Waals surface area contributed by atoms with Crippen LogP contribution in [0.3, 0.4) is 0 Å². The summed E-state index contributed by atoms with van der Waals surface area (Å²) in [4.78, 5) is 29.9. The van der Waals surface area contributed by atoms with Crippen LogP contribution in [0.2, 0.25) is 0 Å². The number of thiazole rings is 1. The van der Waals surface area contributed by atoms with Crippen LogP contribution in [0.15, 0.2) is 4.79 Å². The number of nitrogens with one attached hydrogen (secondary N) is 1. The highest BCUT2D eigenvalue weighted by atomic mass is 32.1. The van der Waals surface area contributed by atoms with E-state index in [4.69, 9.17) is 5.73 Å². The molecule has 1 aliphatic carbocycles. The minimum Gasteiger partial charge on any atom is -0.350 e. The van der Waals surface area contributed by atoms with Gasteiger partial charge in [-0.1, -0.05) is 0 Å². The first-order chi connectivity index (χ1) is 11.8.